The third-order valence-corrected chi connectivity index (χ3v) is 5.43. The minimum Gasteiger partial charge on any atom is -0.478 e. The van der Waals surface area contributed by atoms with Crippen LogP contribution in [-0.2, 0) is 16.4 Å². The Bertz CT molecular complexity index is 676. The van der Waals surface area contributed by atoms with Crippen LogP contribution in [0.2, 0.25) is 0 Å². The molecule has 2 heterocycles. The van der Waals surface area contributed by atoms with Crippen molar-refractivity contribution in [3.8, 4) is 0 Å². The Labute approximate surface area is 119 Å². The van der Waals surface area contributed by atoms with Gasteiger partial charge >= 0.3 is 5.97 Å². The number of aromatic nitrogens is 2. The second-order valence-corrected chi connectivity index (χ2v) is 6.90. The number of imidazole rings is 1. The Hall–Kier alpha value is -1.71. The van der Waals surface area contributed by atoms with E-state index in [1.807, 2.05) is 0 Å². The number of hydrogen-bond acceptors (Lipinski definition) is 5. The zero-order valence-corrected chi connectivity index (χ0v) is 12.0. The van der Waals surface area contributed by atoms with Crippen LogP contribution in [0.1, 0.15) is 22.6 Å². The monoisotopic (exact) mass is 315 g/mol. The van der Waals surface area contributed by atoms with Gasteiger partial charge in [-0.2, -0.15) is 0 Å². The largest absolute Gasteiger partial charge is 0.478 e. The molecule has 2 rings (SSSR count). The van der Waals surface area contributed by atoms with Crippen LogP contribution in [0.5, 0.6) is 0 Å². The number of aromatic amines is 1. The number of rotatable bonds is 7. The minimum absolute atomic E-state index is 0.00731. The van der Waals surface area contributed by atoms with Crippen LogP contribution in [0, 0.1) is 0 Å². The lowest BCUT2D eigenvalue weighted by molar-refractivity contribution is 0.0697. The van der Waals surface area contributed by atoms with E-state index in [0.717, 1.165) is 23.2 Å². The van der Waals surface area contributed by atoms with Crippen molar-refractivity contribution in [3.63, 3.8) is 0 Å². The molecule has 108 valence electrons. The van der Waals surface area contributed by atoms with Gasteiger partial charge in [0, 0.05) is 30.7 Å². The molecule has 0 aliphatic carbocycles. The normalized spacial score (nSPS) is 11.6. The molecule has 0 amide bonds. The van der Waals surface area contributed by atoms with Crippen LogP contribution in [0.3, 0.4) is 0 Å². The first kappa shape index (κ1) is 14.7. The maximum atomic E-state index is 11.9. The Morgan fingerprint density at radius 3 is 2.90 bits per heavy atom. The molecule has 0 unspecified atom stereocenters. The van der Waals surface area contributed by atoms with Gasteiger partial charge in [-0.25, -0.2) is 22.9 Å². The van der Waals surface area contributed by atoms with Crippen molar-refractivity contribution >= 4 is 27.3 Å². The third-order valence-electron chi connectivity index (χ3n) is 2.52. The van der Waals surface area contributed by atoms with Gasteiger partial charge in [-0.15, -0.1) is 11.3 Å². The van der Waals surface area contributed by atoms with Gasteiger partial charge in [-0.3, -0.25) is 0 Å². The van der Waals surface area contributed by atoms with E-state index in [1.165, 1.54) is 5.38 Å². The molecule has 20 heavy (non-hydrogen) atoms. The van der Waals surface area contributed by atoms with Gasteiger partial charge < -0.3 is 10.1 Å². The van der Waals surface area contributed by atoms with E-state index in [9.17, 15) is 13.2 Å². The summed E-state index contributed by atoms with van der Waals surface area (Å²) in [6, 6.07) is 1.15. The van der Waals surface area contributed by atoms with Crippen molar-refractivity contribution in [2.75, 3.05) is 6.54 Å². The van der Waals surface area contributed by atoms with E-state index in [1.54, 1.807) is 12.4 Å². The van der Waals surface area contributed by atoms with Crippen molar-refractivity contribution in [1.29, 1.82) is 0 Å². The van der Waals surface area contributed by atoms with Gasteiger partial charge in [-0.05, 0) is 12.5 Å². The summed E-state index contributed by atoms with van der Waals surface area (Å²) in [5.74, 6) is -0.339. The maximum Gasteiger partial charge on any atom is 0.336 e. The Morgan fingerprint density at radius 2 is 2.30 bits per heavy atom. The highest BCUT2D eigenvalue weighted by molar-refractivity contribution is 7.91. The molecule has 0 fully saturated rings. The lowest BCUT2D eigenvalue weighted by Crippen LogP contribution is -2.24. The summed E-state index contributed by atoms with van der Waals surface area (Å²) >= 11 is 0.891. The lowest BCUT2D eigenvalue weighted by Gasteiger charge is -2.03. The van der Waals surface area contributed by atoms with E-state index in [4.69, 9.17) is 5.11 Å². The number of thiophene rings is 1. The van der Waals surface area contributed by atoms with E-state index >= 15 is 0 Å². The number of nitrogens with one attached hydrogen (secondary N) is 2. The van der Waals surface area contributed by atoms with Crippen LogP contribution < -0.4 is 4.72 Å². The van der Waals surface area contributed by atoms with E-state index in [0.29, 0.717) is 12.8 Å². The molecular weight excluding hydrogens is 302 g/mol. The number of aryl methyl sites for hydroxylation is 1. The summed E-state index contributed by atoms with van der Waals surface area (Å²) in [6.07, 6.45) is 4.58. The van der Waals surface area contributed by atoms with Gasteiger partial charge in [-0.1, -0.05) is 0 Å². The summed E-state index contributed by atoms with van der Waals surface area (Å²) in [5.41, 5.74) is -0.0223. The first-order valence-electron chi connectivity index (χ1n) is 5.79. The predicted molar refractivity (Wildman–Crippen MR) is 73.4 cm³/mol. The van der Waals surface area contributed by atoms with Gasteiger partial charge in [0.2, 0.25) is 10.0 Å². The summed E-state index contributed by atoms with van der Waals surface area (Å²) < 4.78 is 26.3. The molecular formula is C11H13N3O4S2. The molecule has 0 aliphatic rings. The number of carboxylic acid groups (broad SMARTS) is 1. The summed E-state index contributed by atoms with van der Waals surface area (Å²) in [7, 11) is -3.64. The molecule has 0 saturated carbocycles. The average molecular weight is 315 g/mol. The van der Waals surface area contributed by atoms with Crippen LogP contribution in [-0.4, -0.2) is 36.0 Å². The molecule has 0 atom stereocenters. The Kier molecular flexibility index (Phi) is 4.53. The molecule has 0 radical (unpaired) electrons. The second-order valence-electron chi connectivity index (χ2n) is 4.00. The molecule has 2 aromatic heterocycles. The molecule has 0 saturated heterocycles. The van der Waals surface area contributed by atoms with Crippen molar-refractivity contribution in [2.45, 2.75) is 17.1 Å². The summed E-state index contributed by atoms with van der Waals surface area (Å²) in [6.45, 7) is 0.267. The topological polar surface area (TPSA) is 112 Å². The summed E-state index contributed by atoms with van der Waals surface area (Å²) in [4.78, 5) is 17.7. The predicted octanol–water partition coefficient (Wildman–Crippen LogP) is 1.08. The minimum atomic E-state index is -3.64. The fraction of sp³-hybridized carbons (Fsp3) is 0.273. The number of H-pyrrole nitrogens is 1. The number of carbonyl (C=O) groups is 1. The number of hydrogen-bond donors (Lipinski definition) is 3. The first-order chi connectivity index (χ1) is 9.49. The first-order valence-corrected chi connectivity index (χ1v) is 8.15. The van der Waals surface area contributed by atoms with Crippen LogP contribution in [0.15, 0.2) is 28.0 Å². The lowest BCUT2D eigenvalue weighted by atomic mass is 10.3. The zero-order chi connectivity index (χ0) is 14.6. The SMILES string of the molecule is O=C(O)c1csc(S(=O)(=O)NCCCc2ncc[nH]2)c1. The van der Waals surface area contributed by atoms with Gasteiger partial charge in [0.1, 0.15) is 10.0 Å². The van der Waals surface area contributed by atoms with Crippen molar-refractivity contribution in [1.82, 2.24) is 14.7 Å². The zero-order valence-electron chi connectivity index (χ0n) is 10.4. The summed E-state index contributed by atoms with van der Waals surface area (Å²) in [5, 5.41) is 10.1. The molecule has 0 spiro atoms. The van der Waals surface area contributed by atoms with Crippen molar-refractivity contribution in [2.24, 2.45) is 0 Å². The highest BCUT2D eigenvalue weighted by atomic mass is 32.2. The fourth-order valence-electron chi connectivity index (χ4n) is 1.54. The van der Waals surface area contributed by atoms with Gasteiger partial charge in [0.15, 0.2) is 0 Å². The van der Waals surface area contributed by atoms with Crippen molar-refractivity contribution in [3.05, 3.63) is 35.2 Å². The van der Waals surface area contributed by atoms with E-state index < -0.39 is 16.0 Å². The number of carboxylic acids is 1. The van der Waals surface area contributed by atoms with Crippen LogP contribution >= 0.6 is 11.3 Å². The molecule has 0 aromatic carbocycles. The van der Waals surface area contributed by atoms with Gasteiger partial charge in [0.05, 0.1) is 5.56 Å². The number of sulfonamides is 1. The molecule has 2 aromatic rings. The molecule has 0 aliphatic heterocycles. The second kappa shape index (κ2) is 6.16. The molecule has 9 heteroatoms. The highest BCUT2D eigenvalue weighted by Crippen LogP contribution is 2.19. The van der Waals surface area contributed by atoms with Crippen LogP contribution in [0.4, 0.5) is 0 Å². The number of aromatic carboxylic acids is 1. The highest BCUT2D eigenvalue weighted by Gasteiger charge is 2.18. The van der Waals surface area contributed by atoms with E-state index in [2.05, 4.69) is 14.7 Å². The smallest absolute Gasteiger partial charge is 0.336 e. The maximum absolute atomic E-state index is 11.9. The average Bonchev–Trinajstić information content (AvgIpc) is 3.05. The van der Waals surface area contributed by atoms with Gasteiger partial charge in [0.25, 0.3) is 0 Å². The van der Waals surface area contributed by atoms with Crippen LogP contribution in [0.25, 0.3) is 0 Å². The Morgan fingerprint density at radius 1 is 1.50 bits per heavy atom. The fourth-order valence-corrected chi connectivity index (χ4v) is 3.81. The van der Waals surface area contributed by atoms with E-state index in [-0.39, 0.29) is 16.3 Å². The Balaban J connectivity index is 1.88. The number of nitrogens with zero attached hydrogens (tertiary/aromatic N) is 1. The standard InChI is InChI=1S/C11H13N3O4S2/c15-11(16)8-6-10(19-7-8)20(17,18)14-3-1-2-9-12-4-5-13-9/h4-7,14H,1-3H2,(H,12,13)(H,15,16). The van der Waals surface area contributed by atoms with Crippen molar-refractivity contribution < 1.29 is 18.3 Å². The molecule has 3 N–H and O–H groups in total. The molecule has 7 nitrogen and oxygen atoms in total. The third kappa shape index (κ3) is 3.65. The molecule has 0 bridgehead atoms. The quantitative estimate of drug-likeness (QED) is 0.662.